The van der Waals surface area contributed by atoms with Gasteiger partial charge in [0.05, 0.1) is 7.11 Å². The first kappa shape index (κ1) is 20.6. The molecule has 0 radical (unpaired) electrons. The molecule has 4 rings (SSSR count). The number of carbonyl (C=O) groups excluding carboxylic acids is 2. The highest BCUT2D eigenvalue weighted by molar-refractivity contribution is 5.80. The number of hydrogen-bond acceptors (Lipinski definition) is 6. The van der Waals surface area contributed by atoms with Gasteiger partial charge < -0.3 is 19.9 Å². The van der Waals surface area contributed by atoms with Crippen LogP contribution in [0.25, 0.3) is 11.1 Å². The number of aliphatic hydroxyl groups is 1. The Morgan fingerprint density at radius 1 is 0.935 bits per heavy atom. The fourth-order valence-electron chi connectivity index (χ4n) is 3.87. The lowest BCUT2D eigenvalue weighted by Crippen LogP contribution is -2.20. The number of carbonyl (C=O) groups is 2. The van der Waals surface area contributed by atoms with E-state index in [1.54, 1.807) is 24.3 Å². The predicted molar refractivity (Wildman–Crippen MR) is 117 cm³/mol. The summed E-state index contributed by atoms with van der Waals surface area (Å²) in [5, 5.41) is 12.8. The van der Waals surface area contributed by atoms with E-state index in [2.05, 4.69) is 34.3 Å². The minimum atomic E-state index is -1.33. The molecular formula is C25H23NO5. The van der Waals surface area contributed by atoms with E-state index in [9.17, 15) is 14.7 Å². The topological polar surface area (TPSA) is 84.9 Å². The quantitative estimate of drug-likeness (QED) is 0.571. The molecule has 3 aromatic carbocycles. The molecule has 1 unspecified atom stereocenters. The molecule has 0 aromatic heterocycles. The van der Waals surface area contributed by atoms with Crippen molar-refractivity contribution in [2.45, 2.75) is 12.0 Å². The van der Waals surface area contributed by atoms with Crippen LogP contribution in [0.2, 0.25) is 0 Å². The van der Waals surface area contributed by atoms with Gasteiger partial charge in [0.1, 0.15) is 13.2 Å². The van der Waals surface area contributed by atoms with Gasteiger partial charge >= 0.3 is 11.9 Å². The maximum absolute atomic E-state index is 12.3. The molecule has 0 aliphatic heterocycles. The molecule has 0 heterocycles. The van der Waals surface area contributed by atoms with Crippen LogP contribution in [0.3, 0.4) is 0 Å². The van der Waals surface area contributed by atoms with Crippen LogP contribution < -0.4 is 5.32 Å². The molecule has 0 bridgehead atoms. The Balaban J connectivity index is 1.34. The molecular weight excluding hydrogens is 394 g/mol. The number of rotatable bonds is 7. The first-order valence-corrected chi connectivity index (χ1v) is 10.0. The minimum absolute atomic E-state index is 0.00884. The van der Waals surface area contributed by atoms with Crippen LogP contribution in [-0.2, 0) is 19.1 Å². The normalized spacial score (nSPS) is 13.1. The molecule has 0 saturated carbocycles. The third-order valence-electron chi connectivity index (χ3n) is 5.46. The molecule has 0 fully saturated rings. The van der Waals surface area contributed by atoms with E-state index in [0.29, 0.717) is 11.3 Å². The maximum Gasteiger partial charge on any atom is 0.339 e. The molecule has 6 heteroatoms. The highest BCUT2D eigenvalue weighted by Crippen LogP contribution is 2.44. The van der Waals surface area contributed by atoms with Crippen LogP contribution >= 0.6 is 0 Å². The van der Waals surface area contributed by atoms with Gasteiger partial charge in [-0.25, -0.2) is 4.79 Å². The lowest BCUT2D eigenvalue weighted by Gasteiger charge is -2.15. The summed E-state index contributed by atoms with van der Waals surface area (Å²) in [6.07, 6.45) is -1.33. The van der Waals surface area contributed by atoms with Crippen molar-refractivity contribution in [3.8, 4) is 11.1 Å². The molecule has 0 saturated heterocycles. The van der Waals surface area contributed by atoms with Crippen LogP contribution in [0, 0.1) is 0 Å². The van der Waals surface area contributed by atoms with E-state index in [4.69, 9.17) is 4.74 Å². The van der Waals surface area contributed by atoms with Crippen LogP contribution in [0.5, 0.6) is 0 Å². The zero-order chi connectivity index (χ0) is 21.8. The van der Waals surface area contributed by atoms with Gasteiger partial charge in [-0.2, -0.15) is 0 Å². The van der Waals surface area contributed by atoms with Crippen LogP contribution in [0.1, 0.15) is 28.7 Å². The van der Waals surface area contributed by atoms with Gasteiger partial charge in [-0.15, -0.1) is 0 Å². The summed E-state index contributed by atoms with van der Waals surface area (Å²) in [5.74, 6) is -1.06. The number of aliphatic hydroxyl groups excluding tert-OH is 1. The lowest BCUT2D eigenvalue weighted by molar-refractivity contribution is -0.150. The van der Waals surface area contributed by atoms with Crippen molar-refractivity contribution in [1.82, 2.24) is 0 Å². The van der Waals surface area contributed by atoms with Crippen molar-refractivity contribution in [1.29, 1.82) is 0 Å². The van der Waals surface area contributed by atoms with Crippen molar-refractivity contribution in [3.05, 3.63) is 89.5 Å². The molecule has 1 atom stereocenters. The van der Waals surface area contributed by atoms with E-state index in [1.165, 1.54) is 29.4 Å². The average Bonchev–Trinajstić information content (AvgIpc) is 3.14. The average molecular weight is 417 g/mol. The zero-order valence-electron chi connectivity index (χ0n) is 17.1. The zero-order valence-corrected chi connectivity index (χ0v) is 17.1. The van der Waals surface area contributed by atoms with Gasteiger partial charge in [0, 0.05) is 11.6 Å². The van der Waals surface area contributed by atoms with Crippen molar-refractivity contribution < 1.29 is 24.2 Å². The van der Waals surface area contributed by atoms with Gasteiger partial charge in [0.15, 0.2) is 6.10 Å². The van der Waals surface area contributed by atoms with E-state index in [1.807, 2.05) is 24.3 Å². The summed E-state index contributed by atoms with van der Waals surface area (Å²) < 4.78 is 10.1. The van der Waals surface area contributed by atoms with Gasteiger partial charge in [0.2, 0.25) is 0 Å². The van der Waals surface area contributed by atoms with Crippen LogP contribution in [0.15, 0.2) is 72.8 Å². The predicted octanol–water partition coefficient (Wildman–Crippen LogP) is 3.66. The smallest absolute Gasteiger partial charge is 0.339 e. The number of benzene rings is 3. The van der Waals surface area contributed by atoms with Crippen molar-refractivity contribution in [2.75, 3.05) is 25.6 Å². The summed E-state index contributed by atoms with van der Waals surface area (Å²) in [6, 6.07) is 22.9. The fraction of sp³-hybridized carbons (Fsp3) is 0.200. The second-order valence-corrected chi connectivity index (χ2v) is 7.31. The fourth-order valence-corrected chi connectivity index (χ4v) is 3.87. The molecule has 31 heavy (non-hydrogen) atoms. The van der Waals surface area contributed by atoms with E-state index >= 15 is 0 Å². The SMILES string of the molecule is COC(=O)C(O)c1ccc(NCC(=O)OCC2c3ccccc3-c3ccccc32)cc1. The summed E-state index contributed by atoms with van der Waals surface area (Å²) in [6.45, 7) is 0.285. The summed E-state index contributed by atoms with van der Waals surface area (Å²) in [7, 11) is 1.22. The molecule has 0 amide bonds. The lowest BCUT2D eigenvalue weighted by atomic mass is 9.98. The van der Waals surface area contributed by atoms with Gasteiger partial charge in [-0.3, -0.25) is 4.79 Å². The Morgan fingerprint density at radius 3 is 2.10 bits per heavy atom. The number of esters is 2. The highest BCUT2D eigenvalue weighted by Gasteiger charge is 2.28. The van der Waals surface area contributed by atoms with Gasteiger partial charge in [0.25, 0.3) is 0 Å². The number of hydrogen-bond donors (Lipinski definition) is 2. The highest BCUT2D eigenvalue weighted by atomic mass is 16.5. The van der Waals surface area contributed by atoms with Crippen molar-refractivity contribution >= 4 is 17.6 Å². The molecule has 0 spiro atoms. The van der Waals surface area contributed by atoms with E-state index < -0.39 is 12.1 Å². The number of methoxy groups -OCH3 is 1. The Hall–Kier alpha value is -3.64. The maximum atomic E-state index is 12.3. The number of nitrogens with one attached hydrogen (secondary N) is 1. The summed E-state index contributed by atoms with van der Waals surface area (Å²) in [4.78, 5) is 23.7. The largest absolute Gasteiger partial charge is 0.467 e. The Morgan fingerprint density at radius 2 is 1.52 bits per heavy atom. The standard InChI is InChI=1S/C25H23NO5/c1-30-25(29)24(28)16-10-12-17(13-11-16)26-14-23(27)31-15-22-20-8-4-2-6-18(20)19-7-3-5-9-21(19)22/h2-13,22,24,26,28H,14-15H2,1H3. The molecule has 1 aliphatic carbocycles. The third-order valence-corrected chi connectivity index (χ3v) is 5.46. The van der Waals surface area contributed by atoms with Crippen LogP contribution in [-0.4, -0.2) is 37.3 Å². The first-order valence-electron chi connectivity index (χ1n) is 10.0. The number of fused-ring (bicyclic) bond motifs is 3. The van der Waals surface area contributed by atoms with E-state index in [-0.39, 0.29) is 25.0 Å². The Labute approximate surface area is 180 Å². The van der Waals surface area contributed by atoms with E-state index in [0.717, 1.165) is 0 Å². The minimum Gasteiger partial charge on any atom is -0.467 e. The first-order chi connectivity index (χ1) is 15.1. The van der Waals surface area contributed by atoms with Crippen molar-refractivity contribution in [3.63, 3.8) is 0 Å². The number of ether oxygens (including phenoxy) is 2. The van der Waals surface area contributed by atoms with Gasteiger partial charge in [-0.1, -0.05) is 60.7 Å². The Kier molecular flexibility index (Phi) is 6.00. The second-order valence-electron chi connectivity index (χ2n) is 7.31. The van der Waals surface area contributed by atoms with Crippen LogP contribution in [0.4, 0.5) is 5.69 Å². The number of anilines is 1. The molecule has 6 nitrogen and oxygen atoms in total. The third kappa shape index (κ3) is 4.29. The molecule has 1 aliphatic rings. The molecule has 158 valence electrons. The monoisotopic (exact) mass is 417 g/mol. The molecule has 2 N–H and O–H groups in total. The van der Waals surface area contributed by atoms with Gasteiger partial charge in [-0.05, 0) is 39.9 Å². The molecule has 3 aromatic rings. The Bertz CT molecular complexity index is 1050. The van der Waals surface area contributed by atoms with Crippen molar-refractivity contribution in [2.24, 2.45) is 0 Å². The summed E-state index contributed by atoms with van der Waals surface area (Å²) >= 11 is 0. The summed E-state index contributed by atoms with van der Waals surface area (Å²) in [5.41, 5.74) is 5.80. The second kappa shape index (κ2) is 9.02.